The number of hydrogen-bond acceptors (Lipinski definition) is 3. The van der Waals surface area contributed by atoms with Crippen LogP contribution < -0.4 is 4.43 Å². The average molecular weight is 373 g/mol. The predicted octanol–water partition coefficient (Wildman–Crippen LogP) is 4.55. The summed E-state index contributed by atoms with van der Waals surface area (Å²) in [6, 6.07) is 7.96. The largest absolute Gasteiger partial charge is 0.544 e. The summed E-state index contributed by atoms with van der Waals surface area (Å²) in [6.45, 7) is 11.1. The van der Waals surface area contributed by atoms with Gasteiger partial charge in [0.1, 0.15) is 10.6 Å². The Balaban J connectivity index is 2.73. The van der Waals surface area contributed by atoms with Gasteiger partial charge in [-0.25, -0.2) is 0 Å². The van der Waals surface area contributed by atoms with Crippen LogP contribution in [0.15, 0.2) is 24.3 Å². The lowest BCUT2D eigenvalue weighted by atomic mass is 10.1. The molecule has 0 bridgehead atoms. The van der Waals surface area contributed by atoms with Gasteiger partial charge < -0.3 is 9.16 Å². The molecule has 0 fully saturated rings. The van der Waals surface area contributed by atoms with Crippen molar-refractivity contribution in [1.29, 1.82) is 0 Å². The van der Waals surface area contributed by atoms with Crippen molar-refractivity contribution >= 4 is 30.2 Å². The van der Waals surface area contributed by atoms with Crippen LogP contribution in [0.25, 0.3) is 0 Å². The Hall–Kier alpha value is -0.813. The van der Waals surface area contributed by atoms with Crippen molar-refractivity contribution < 1.29 is 14.0 Å². The molecule has 118 valence electrons. The normalized spacial score (nSPS) is 13.7. The van der Waals surface area contributed by atoms with Crippen LogP contribution in [0.5, 0.6) is 5.75 Å². The lowest BCUT2D eigenvalue weighted by molar-refractivity contribution is -0.139. The van der Waals surface area contributed by atoms with Crippen LogP contribution in [0.4, 0.5) is 0 Å². The molecule has 0 amide bonds. The molecule has 0 saturated carbocycles. The molecule has 1 aromatic rings. The topological polar surface area (TPSA) is 35.5 Å². The van der Waals surface area contributed by atoms with E-state index in [2.05, 4.69) is 49.8 Å². The van der Waals surface area contributed by atoms with E-state index in [0.29, 0.717) is 6.42 Å². The van der Waals surface area contributed by atoms with Gasteiger partial charge in [0.05, 0.1) is 7.11 Å². The lowest BCUT2D eigenvalue weighted by Crippen LogP contribution is -2.43. The lowest BCUT2D eigenvalue weighted by Gasteiger charge is -2.36. The van der Waals surface area contributed by atoms with Crippen LogP contribution in [-0.4, -0.2) is 26.2 Å². The van der Waals surface area contributed by atoms with Gasteiger partial charge in [-0.3, -0.25) is 4.79 Å². The van der Waals surface area contributed by atoms with Crippen molar-refractivity contribution in [2.45, 2.75) is 50.2 Å². The Morgan fingerprint density at radius 3 is 2.19 bits per heavy atom. The smallest absolute Gasteiger partial charge is 0.319 e. The second kappa shape index (κ2) is 6.96. The molecule has 1 rings (SSSR count). The van der Waals surface area contributed by atoms with Crippen molar-refractivity contribution in [3.05, 3.63) is 29.8 Å². The van der Waals surface area contributed by atoms with E-state index in [1.807, 2.05) is 24.3 Å². The first-order valence-electron chi connectivity index (χ1n) is 7.06. The molecule has 0 aliphatic carbocycles. The van der Waals surface area contributed by atoms with Gasteiger partial charge in [0.2, 0.25) is 8.32 Å². The molecule has 0 radical (unpaired) electrons. The summed E-state index contributed by atoms with van der Waals surface area (Å²) in [5.74, 6) is 0.645. The number of carbonyl (C=O) groups excluding carboxylic acids is 1. The molecule has 0 spiro atoms. The van der Waals surface area contributed by atoms with Gasteiger partial charge in [0.25, 0.3) is 0 Å². The van der Waals surface area contributed by atoms with Crippen molar-refractivity contribution in [2.24, 2.45) is 0 Å². The molecule has 0 saturated heterocycles. The molecule has 0 aliphatic heterocycles. The molecule has 1 aromatic carbocycles. The van der Waals surface area contributed by atoms with Gasteiger partial charge in [-0.1, -0.05) is 48.8 Å². The summed E-state index contributed by atoms with van der Waals surface area (Å²) >= 11 is 3.33. The van der Waals surface area contributed by atoms with E-state index < -0.39 is 8.32 Å². The van der Waals surface area contributed by atoms with E-state index in [9.17, 15) is 4.79 Å². The third-order valence-corrected chi connectivity index (χ3v) is 9.03. The Morgan fingerprint density at radius 2 is 1.76 bits per heavy atom. The number of methoxy groups -OCH3 is 1. The fourth-order valence-electron chi connectivity index (χ4n) is 1.56. The van der Waals surface area contributed by atoms with Crippen LogP contribution in [-0.2, 0) is 16.0 Å². The van der Waals surface area contributed by atoms with E-state index in [1.165, 1.54) is 7.11 Å². The number of rotatable bonds is 5. The molecule has 3 nitrogen and oxygen atoms in total. The molecule has 0 N–H and O–H groups in total. The predicted molar refractivity (Wildman–Crippen MR) is 92.7 cm³/mol. The Bertz CT molecular complexity index is 477. The Morgan fingerprint density at radius 1 is 1.24 bits per heavy atom. The molecule has 1 unspecified atom stereocenters. The zero-order valence-electron chi connectivity index (χ0n) is 13.7. The third-order valence-electron chi connectivity index (χ3n) is 3.97. The Labute approximate surface area is 137 Å². The standard InChI is InChI=1S/C16H25BrO3Si/c1-16(2,3)21(5,6)20-13-9-7-12(8-10-13)11-14(17)15(18)19-4/h7-10,14H,11H2,1-6H3. The van der Waals surface area contributed by atoms with Gasteiger partial charge in [-0.15, -0.1) is 0 Å². The van der Waals surface area contributed by atoms with Crippen molar-refractivity contribution in [3.63, 3.8) is 0 Å². The van der Waals surface area contributed by atoms with E-state index in [1.54, 1.807) is 0 Å². The summed E-state index contributed by atoms with van der Waals surface area (Å²) in [5.41, 5.74) is 1.07. The fraction of sp³-hybridized carbons (Fsp3) is 0.562. The quantitative estimate of drug-likeness (QED) is 0.432. The number of alkyl halides is 1. The van der Waals surface area contributed by atoms with Crippen LogP contribution in [0, 0.1) is 0 Å². The number of ether oxygens (including phenoxy) is 1. The second-order valence-electron chi connectivity index (χ2n) is 6.70. The molecule has 0 aromatic heterocycles. The number of halogens is 1. The third kappa shape index (κ3) is 5.15. The zero-order chi connectivity index (χ0) is 16.3. The monoisotopic (exact) mass is 372 g/mol. The van der Waals surface area contributed by atoms with Crippen molar-refractivity contribution in [2.75, 3.05) is 7.11 Å². The average Bonchev–Trinajstić information content (AvgIpc) is 2.38. The first kappa shape index (κ1) is 18.2. The first-order chi connectivity index (χ1) is 9.56. The van der Waals surface area contributed by atoms with Gasteiger partial charge in [-0.05, 0) is 42.2 Å². The fourth-order valence-corrected chi connectivity index (χ4v) is 3.15. The maximum Gasteiger partial charge on any atom is 0.319 e. The molecule has 21 heavy (non-hydrogen) atoms. The second-order valence-corrected chi connectivity index (χ2v) is 12.5. The summed E-state index contributed by atoms with van der Waals surface area (Å²) in [6.07, 6.45) is 0.604. The van der Waals surface area contributed by atoms with Gasteiger partial charge >= 0.3 is 5.97 Å². The van der Waals surface area contributed by atoms with E-state index in [4.69, 9.17) is 9.16 Å². The van der Waals surface area contributed by atoms with Crippen LogP contribution in [0.2, 0.25) is 18.1 Å². The van der Waals surface area contributed by atoms with Crippen LogP contribution in [0.1, 0.15) is 26.3 Å². The highest BCUT2D eigenvalue weighted by molar-refractivity contribution is 9.10. The molecule has 1 atom stereocenters. The molecule has 5 heteroatoms. The molecule has 0 aliphatic rings. The number of hydrogen-bond donors (Lipinski definition) is 0. The van der Waals surface area contributed by atoms with Crippen molar-refractivity contribution in [1.82, 2.24) is 0 Å². The van der Waals surface area contributed by atoms with E-state index in [0.717, 1.165) is 11.3 Å². The van der Waals surface area contributed by atoms with Crippen molar-refractivity contribution in [3.8, 4) is 5.75 Å². The van der Waals surface area contributed by atoms with Gasteiger partial charge in [0, 0.05) is 0 Å². The minimum atomic E-state index is -1.80. The summed E-state index contributed by atoms with van der Waals surface area (Å²) in [5, 5.41) is 0.178. The minimum Gasteiger partial charge on any atom is -0.544 e. The highest BCUT2D eigenvalue weighted by Gasteiger charge is 2.38. The molecule has 0 heterocycles. The molecular weight excluding hydrogens is 348 g/mol. The van der Waals surface area contributed by atoms with Gasteiger partial charge in [-0.2, -0.15) is 0 Å². The first-order valence-corrected chi connectivity index (χ1v) is 10.9. The molecular formula is C16H25BrO3Si. The number of benzene rings is 1. The summed E-state index contributed by atoms with van der Waals surface area (Å²) in [7, 11) is -0.407. The SMILES string of the molecule is COC(=O)C(Br)Cc1ccc(O[Si](C)(C)C(C)(C)C)cc1. The highest BCUT2D eigenvalue weighted by Crippen LogP contribution is 2.37. The highest BCUT2D eigenvalue weighted by atomic mass is 79.9. The van der Waals surface area contributed by atoms with E-state index >= 15 is 0 Å². The van der Waals surface area contributed by atoms with Crippen LogP contribution in [0.3, 0.4) is 0 Å². The minimum absolute atomic E-state index is 0.178. The van der Waals surface area contributed by atoms with Gasteiger partial charge in [0.15, 0.2) is 0 Å². The zero-order valence-corrected chi connectivity index (χ0v) is 16.3. The maximum atomic E-state index is 11.4. The number of esters is 1. The van der Waals surface area contributed by atoms with Crippen LogP contribution >= 0.6 is 15.9 Å². The maximum absolute atomic E-state index is 11.4. The Kier molecular flexibility index (Phi) is 6.05. The summed E-state index contributed by atoms with van der Waals surface area (Å²) in [4.78, 5) is 11.1. The van der Waals surface area contributed by atoms with E-state index in [-0.39, 0.29) is 15.8 Å². The number of carbonyl (C=O) groups is 1. The summed E-state index contributed by atoms with van der Waals surface area (Å²) < 4.78 is 10.9.